The van der Waals surface area contributed by atoms with Gasteiger partial charge in [-0.1, -0.05) is 12.1 Å². The number of benzene rings is 1. The summed E-state index contributed by atoms with van der Waals surface area (Å²) in [7, 11) is 0. The van der Waals surface area contributed by atoms with Crippen LogP contribution in [-0.2, 0) is 6.54 Å². The van der Waals surface area contributed by atoms with Crippen molar-refractivity contribution >= 4 is 17.4 Å². The largest absolute Gasteiger partial charge is 0.399 e. The molecule has 17 heavy (non-hydrogen) atoms. The molecule has 0 radical (unpaired) electrons. The maximum absolute atomic E-state index is 5.96. The molecule has 0 saturated carbocycles. The second kappa shape index (κ2) is 4.91. The normalized spacial score (nSPS) is 20.4. The summed E-state index contributed by atoms with van der Waals surface area (Å²) in [5.41, 5.74) is 9.47. The van der Waals surface area contributed by atoms with E-state index in [2.05, 4.69) is 49.6 Å². The molecule has 2 N–H and O–H groups in total. The van der Waals surface area contributed by atoms with Gasteiger partial charge in [-0.15, -0.1) is 0 Å². The zero-order valence-electron chi connectivity index (χ0n) is 11.0. The van der Waals surface area contributed by atoms with Gasteiger partial charge in [-0.25, -0.2) is 0 Å². The quantitative estimate of drug-likeness (QED) is 0.818. The number of rotatable bonds is 2. The molecule has 0 unspecified atom stereocenters. The predicted molar refractivity (Wildman–Crippen MR) is 77.4 cm³/mol. The minimum Gasteiger partial charge on any atom is -0.399 e. The Morgan fingerprint density at radius 2 is 2.18 bits per heavy atom. The van der Waals surface area contributed by atoms with Crippen molar-refractivity contribution in [1.29, 1.82) is 0 Å². The third kappa shape index (κ3) is 3.17. The fraction of sp³-hybridized carbons (Fsp3) is 0.571. The molecule has 1 aromatic carbocycles. The second-order valence-corrected chi connectivity index (χ2v) is 7.25. The van der Waals surface area contributed by atoms with Crippen LogP contribution in [0.4, 0.5) is 5.69 Å². The third-order valence-corrected chi connectivity index (χ3v) is 4.68. The highest BCUT2D eigenvalue weighted by molar-refractivity contribution is 8.00. The van der Waals surface area contributed by atoms with Gasteiger partial charge < -0.3 is 5.73 Å². The molecule has 1 saturated heterocycles. The molecule has 0 amide bonds. The van der Waals surface area contributed by atoms with Crippen molar-refractivity contribution in [3.8, 4) is 0 Å². The number of thioether (sulfide) groups is 1. The smallest absolute Gasteiger partial charge is 0.0346 e. The van der Waals surface area contributed by atoms with Crippen LogP contribution in [0.3, 0.4) is 0 Å². The maximum Gasteiger partial charge on any atom is 0.0346 e. The topological polar surface area (TPSA) is 29.3 Å². The fourth-order valence-corrected chi connectivity index (χ4v) is 3.54. The van der Waals surface area contributed by atoms with Crippen molar-refractivity contribution in [2.75, 3.05) is 24.6 Å². The monoisotopic (exact) mass is 250 g/mol. The average molecular weight is 250 g/mol. The van der Waals surface area contributed by atoms with Crippen molar-refractivity contribution in [3.05, 3.63) is 29.3 Å². The first kappa shape index (κ1) is 12.8. The molecule has 0 aromatic heterocycles. The van der Waals surface area contributed by atoms with Crippen LogP contribution < -0.4 is 5.73 Å². The maximum atomic E-state index is 5.96. The summed E-state index contributed by atoms with van der Waals surface area (Å²) >= 11 is 2.08. The summed E-state index contributed by atoms with van der Waals surface area (Å²) in [5.74, 6) is 1.23. The molecule has 2 rings (SSSR count). The fourth-order valence-electron chi connectivity index (χ4n) is 2.36. The second-order valence-electron chi connectivity index (χ2n) is 5.45. The molecule has 3 heteroatoms. The lowest BCUT2D eigenvalue weighted by molar-refractivity contribution is 0.252. The van der Waals surface area contributed by atoms with Gasteiger partial charge in [-0.2, -0.15) is 11.8 Å². The van der Waals surface area contributed by atoms with Crippen LogP contribution in [0.25, 0.3) is 0 Å². The van der Waals surface area contributed by atoms with Crippen LogP contribution in [0.2, 0.25) is 0 Å². The Morgan fingerprint density at radius 1 is 1.41 bits per heavy atom. The Kier molecular flexibility index (Phi) is 3.69. The van der Waals surface area contributed by atoms with E-state index >= 15 is 0 Å². The lowest BCUT2D eigenvalue weighted by Gasteiger charge is -2.37. The van der Waals surface area contributed by atoms with Crippen molar-refractivity contribution < 1.29 is 0 Å². The van der Waals surface area contributed by atoms with Gasteiger partial charge in [-0.3, -0.25) is 4.90 Å². The molecule has 2 nitrogen and oxygen atoms in total. The van der Waals surface area contributed by atoms with E-state index in [-0.39, 0.29) is 0 Å². The molecule has 0 spiro atoms. The van der Waals surface area contributed by atoms with Crippen LogP contribution in [0.15, 0.2) is 18.2 Å². The lowest BCUT2D eigenvalue weighted by atomic mass is 10.1. The molecule has 1 aliphatic rings. The van der Waals surface area contributed by atoms with Crippen LogP contribution in [0.5, 0.6) is 0 Å². The third-order valence-electron chi connectivity index (χ3n) is 3.39. The van der Waals surface area contributed by atoms with E-state index in [0.29, 0.717) is 4.75 Å². The summed E-state index contributed by atoms with van der Waals surface area (Å²) in [6, 6.07) is 6.23. The molecule has 1 heterocycles. The van der Waals surface area contributed by atoms with E-state index in [9.17, 15) is 0 Å². The van der Waals surface area contributed by atoms with E-state index < -0.39 is 0 Å². The molecule has 0 atom stereocenters. The van der Waals surface area contributed by atoms with E-state index in [1.165, 1.54) is 23.4 Å². The van der Waals surface area contributed by atoms with E-state index in [0.717, 1.165) is 18.8 Å². The molecule has 94 valence electrons. The van der Waals surface area contributed by atoms with Gasteiger partial charge in [0.1, 0.15) is 0 Å². The zero-order chi connectivity index (χ0) is 12.5. The zero-order valence-corrected chi connectivity index (χ0v) is 11.8. The van der Waals surface area contributed by atoms with Gasteiger partial charge >= 0.3 is 0 Å². The van der Waals surface area contributed by atoms with Gasteiger partial charge in [0.2, 0.25) is 0 Å². The highest BCUT2D eigenvalue weighted by Gasteiger charge is 2.27. The Hall–Kier alpha value is -0.670. The van der Waals surface area contributed by atoms with E-state index in [1.807, 2.05) is 6.07 Å². The summed E-state index contributed by atoms with van der Waals surface area (Å²) in [6.45, 7) is 10.1. The first-order valence-corrected chi connectivity index (χ1v) is 7.17. The van der Waals surface area contributed by atoms with Crippen molar-refractivity contribution in [3.63, 3.8) is 0 Å². The number of hydrogen-bond donors (Lipinski definition) is 1. The van der Waals surface area contributed by atoms with Gasteiger partial charge in [0.25, 0.3) is 0 Å². The van der Waals surface area contributed by atoms with Crippen molar-refractivity contribution in [2.24, 2.45) is 0 Å². The van der Waals surface area contributed by atoms with Gasteiger partial charge in [0, 0.05) is 35.8 Å². The Morgan fingerprint density at radius 3 is 2.88 bits per heavy atom. The minimum atomic E-state index is 0.381. The molecule has 0 bridgehead atoms. The number of nitrogens with zero attached hydrogens (tertiary/aromatic N) is 1. The van der Waals surface area contributed by atoms with Crippen LogP contribution in [0, 0.1) is 6.92 Å². The van der Waals surface area contributed by atoms with Crippen molar-refractivity contribution in [1.82, 2.24) is 4.90 Å². The van der Waals surface area contributed by atoms with Crippen LogP contribution in [-0.4, -0.2) is 28.5 Å². The highest BCUT2D eigenvalue weighted by atomic mass is 32.2. The Balaban J connectivity index is 2.08. The van der Waals surface area contributed by atoms with Crippen molar-refractivity contribution in [2.45, 2.75) is 32.1 Å². The molecule has 0 aliphatic carbocycles. The van der Waals surface area contributed by atoms with E-state index in [1.54, 1.807) is 0 Å². The minimum absolute atomic E-state index is 0.381. The van der Waals surface area contributed by atoms with Gasteiger partial charge in [0.05, 0.1) is 0 Å². The number of hydrogen-bond acceptors (Lipinski definition) is 3. The number of anilines is 1. The van der Waals surface area contributed by atoms with Crippen LogP contribution in [0.1, 0.15) is 25.0 Å². The lowest BCUT2D eigenvalue weighted by Crippen LogP contribution is -2.42. The summed E-state index contributed by atoms with van der Waals surface area (Å²) in [5, 5.41) is 0. The molecular weight excluding hydrogens is 228 g/mol. The number of nitrogens with two attached hydrogens (primary N) is 1. The highest BCUT2D eigenvalue weighted by Crippen LogP contribution is 2.30. The summed E-state index contributed by atoms with van der Waals surface area (Å²) in [4.78, 5) is 2.54. The first-order chi connectivity index (χ1) is 7.98. The summed E-state index contributed by atoms with van der Waals surface area (Å²) in [6.07, 6.45) is 0. The SMILES string of the molecule is Cc1c(N)cccc1CN1CCSC(C)(C)C1. The van der Waals surface area contributed by atoms with E-state index in [4.69, 9.17) is 5.73 Å². The average Bonchev–Trinajstić information content (AvgIpc) is 2.23. The molecular formula is C14H22N2S. The first-order valence-electron chi connectivity index (χ1n) is 6.18. The standard InChI is InChI=1S/C14H22N2S/c1-11-12(5-4-6-13(11)15)9-16-7-8-17-14(2,3)10-16/h4-6H,7-10,15H2,1-3H3. The Labute approximate surface area is 109 Å². The number of nitrogen functional groups attached to an aromatic ring is 1. The molecule has 1 aromatic rings. The molecule has 1 aliphatic heterocycles. The van der Waals surface area contributed by atoms with Gasteiger partial charge in [0.15, 0.2) is 0 Å². The Bertz CT molecular complexity index is 401. The summed E-state index contributed by atoms with van der Waals surface area (Å²) < 4.78 is 0.381. The molecule has 1 fully saturated rings. The predicted octanol–water partition coefficient (Wildman–Crippen LogP) is 2.90. The van der Waals surface area contributed by atoms with Crippen LogP contribution >= 0.6 is 11.8 Å². The van der Waals surface area contributed by atoms with Gasteiger partial charge in [-0.05, 0) is 38.0 Å².